The fraction of sp³-hybridized carbons (Fsp3) is 0.231. The maximum Gasteiger partial charge on any atom is 0.358 e. The number of anilines is 2. The third kappa shape index (κ3) is 3.29. The second-order valence-corrected chi connectivity index (χ2v) is 4.98. The van der Waals surface area contributed by atoms with Crippen LogP contribution in [0.15, 0.2) is 24.3 Å². The zero-order valence-electron chi connectivity index (χ0n) is 10.6. The van der Waals surface area contributed by atoms with E-state index in [1.54, 1.807) is 26.0 Å². The summed E-state index contributed by atoms with van der Waals surface area (Å²) in [6.07, 6.45) is 0. The van der Waals surface area contributed by atoms with Crippen LogP contribution in [-0.4, -0.2) is 17.6 Å². The SMILES string of the molecule is CCOC(=O)c1nc(Nc2cccc(F)c2)sc1C. The van der Waals surface area contributed by atoms with E-state index in [1.807, 2.05) is 0 Å². The van der Waals surface area contributed by atoms with E-state index in [1.165, 1.54) is 23.5 Å². The first-order valence-corrected chi connectivity index (χ1v) is 6.59. The molecule has 0 saturated heterocycles. The summed E-state index contributed by atoms with van der Waals surface area (Å²) < 4.78 is 18.0. The van der Waals surface area contributed by atoms with E-state index in [-0.39, 0.29) is 5.82 Å². The monoisotopic (exact) mass is 280 g/mol. The van der Waals surface area contributed by atoms with Crippen molar-refractivity contribution >= 4 is 28.1 Å². The molecular weight excluding hydrogens is 267 g/mol. The van der Waals surface area contributed by atoms with Crippen LogP contribution in [0.25, 0.3) is 0 Å². The molecule has 0 aliphatic rings. The summed E-state index contributed by atoms with van der Waals surface area (Å²) in [7, 11) is 0. The topological polar surface area (TPSA) is 51.2 Å². The lowest BCUT2D eigenvalue weighted by molar-refractivity contribution is 0.0519. The zero-order valence-corrected chi connectivity index (χ0v) is 11.4. The predicted octanol–water partition coefficient (Wildman–Crippen LogP) is 3.51. The molecule has 1 heterocycles. The Balaban J connectivity index is 2.18. The lowest BCUT2D eigenvalue weighted by Gasteiger charge is -2.01. The van der Waals surface area contributed by atoms with Gasteiger partial charge in [-0.2, -0.15) is 0 Å². The number of ether oxygens (including phenoxy) is 1. The van der Waals surface area contributed by atoms with Gasteiger partial charge in [0.05, 0.1) is 6.61 Å². The Morgan fingerprint density at radius 1 is 1.53 bits per heavy atom. The quantitative estimate of drug-likeness (QED) is 0.871. The molecule has 100 valence electrons. The minimum Gasteiger partial charge on any atom is -0.461 e. The van der Waals surface area contributed by atoms with Gasteiger partial charge in [0, 0.05) is 10.6 Å². The summed E-state index contributed by atoms with van der Waals surface area (Å²) in [5, 5.41) is 3.50. The molecule has 2 aromatic rings. The maximum absolute atomic E-state index is 13.1. The number of halogens is 1. The van der Waals surface area contributed by atoms with Gasteiger partial charge in [-0.1, -0.05) is 6.07 Å². The summed E-state index contributed by atoms with van der Waals surface area (Å²) in [5.41, 5.74) is 0.884. The van der Waals surface area contributed by atoms with Crippen molar-refractivity contribution in [3.8, 4) is 0 Å². The number of benzene rings is 1. The van der Waals surface area contributed by atoms with E-state index in [2.05, 4.69) is 10.3 Å². The Kier molecular flexibility index (Phi) is 4.11. The first kappa shape index (κ1) is 13.5. The second kappa shape index (κ2) is 5.79. The number of aryl methyl sites for hydroxylation is 1. The number of thiazole rings is 1. The van der Waals surface area contributed by atoms with E-state index < -0.39 is 5.97 Å². The van der Waals surface area contributed by atoms with Crippen LogP contribution in [0.1, 0.15) is 22.3 Å². The molecule has 0 fully saturated rings. The molecule has 1 N–H and O–H groups in total. The van der Waals surface area contributed by atoms with Gasteiger partial charge in [-0.3, -0.25) is 0 Å². The van der Waals surface area contributed by atoms with Crippen LogP contribution >= 0.6 is 11.3 Å². The van der Waals surface area contributed by atoms with Gasteiger partial charge >= 0.3 is 5.97 Å². The third-order valence-electron chi connectivity index (χ3n) is 2.34. The van der Waals surface area contributed by atoms with E-state index >= 15 is 0 Å². The zero-order chi connectivity index (χ0) is 13.8. The summed E-state index contributed by atoms with van der Waals surface area (Å²) >= 11 is 1.32. The summed E-state index contributed by atoms with van der Waals surface area (Å²) in [5.74, 6) is -0.771. The van der Waals surface area contributed by atoms with Crippen molar-refractivity contribution < 1.29 is 13.9 Å². The number of aromatic nitrogens is 1. The second-order valence-electron chi connectivity index (χ2n) is 3.78. The molecule has 0 spiro atoms. The Morgan fingerprint density at radius 2 is 2.32 bits per heavy atom. The van der Waals surface area contributed by atoms with Gasteiger partial charge < -0.3 is 10.1 Å². The first-order valence-electron chi connectivity index (χ1n) is 5.77. The molecule has 1 aromatic heterocycles. The van der Waals surface area contributed by atoms with Crippen LogP contribution < -0.4 is 5.32 Å². The van der Waals surface area contributed by atoms with Gasteiger partial charge in [0.25, 0.3) is 0 Å². The molecule has 0 atom stereocenters. The summed E-state index contributed by atoms with van der Waals surface area (Å²) in [6.45, 7) is 3.84. The summed E-state index contributed by atoms with van der Waals surface area (Å²) in [6, 6.07) is 6.05. The predicted molar refractivity (Wildman–Crippen MR) is 72.5 cm³/mol. The average Bonchev–Trinajstić information content (AvgIpc) is 2.70. The van der Waals surface area contributed by atoms with Gasteiger partial charge in [-0.25, -0.2) is 14.2 Å². The van der Waals surface area contributed by atoms with Crippen molar-refractivity contribution in [2.75, 3.05) is 11.9 Å². The van der Waals surface area contributed by atoms with Crippen molar-refractivity contribution in [1.29, 1.82) is 0 Å². The number of hydrogen-bond donors (Lipinski definition) is 1. The highest BCUT2D eigenvalue weighted by Crippen LogP contribution is 2.26. The number of esters is 1. The highest BCUT2D eigenvalue weighted by atomic mass is 32.1. The van der Waals surface area contributed by atoms with Gasteiger partial charge in [0.1, 0.15) is 5.82 Å². The molecule has 4 nitrogen and oxygen atoms in total. The maximum atomic E-state index is 13.1. The van der Waals surface area contributed by atoms with Crippen LogP contribution in [0.5, 0.6) is 0 Å². The van der Waals surface area contributed by atoms with Crippen molar-refractivity contribution in [3.63, 3.8) is 0 Å². The fourth-order valence-corrected chi connectivity index (χ4v) is 2.35. The molecular formula is C13H13FN2O2S. The van der Waals surface area contributed by atoms with Crippen molar-refractivity contribution in [1.82, 2.24) is 4.98 Å². The van der Waals surface area contributed by atoms with Crippen LogP contribution in [-0.2, 0) is 4.74 Å². The Hall–Kier alpha value is -1.95. The Bertz CT molecular complexity index is 598. The number of rotatable bonds is 4. The summed E-state index contributed by atoms with van der Waals surface area (Å²) in [4.78, 5) is 16.5. The smallest absolute Gasteiger partial charge is 0.358 e. The standard InChI is InChI=1S/C13H13FN2O2S/c1-3-18-12(17)11-8(2)19-13(16-11)15-10-6-4-5-9(14)7-10/h4-7H,3H2,1-2H3,(H,15,16). The van der Waals surface area contributed by atoms with Crippen molar-refractivity contribution in [2.45, 2.75) is 13.8 Å². The van der Waals surface area contributed by atoms with Gasteiger partial charge in [0.2, 0.25) is 0 Å². The van der Waals surface area contributed by atoms with Crippen molar-refractivity contribution in [3.05, 3.63) is 40.7 Å². The van der Waals surface area contributed by atoms with E-state index in [9.17, 15) is 9.18 Å². The van der Waals surface area contributed by atoms with Gasteiger partial charge in [-0.15, -0.1) is 11.3 Å². The van der Waals surface area contributed by atoms with E-state index in [4.69, 9.17) is 4.74 Å². The van der Waals surface area contributed by atoms with E-state index in [0.29, 0.717) is 23.1 Å². The molecule has 0 bridgehead atoms. The van der Waals surface area contributed by atoms with Crippen LogP contribution in [0.2, 0.25) is 0 Å². The minimum absolute atomic E-state index is 0.297. The van der Waals surface area contributed by atoms with Gasteiger partial charge in [0.15, 0.2) is 10.8 Å². The van der Waals surface area contributed by atoms with E-state index in [0.717, 1.165) is 4.88 Å². The number of hydrogen-bond acceptors (Lipinski definition) is 5. The molecule has 6 heteroatoms. The Labute approximate surface area is 114 Å². The molecule has 0 saturated carbocycles. The third-order valence-corrected chi connectivity index (χ3v) is 3.23. The number of carbonyl (C=O) groups is 1. The Morgan fingerprint density at radius 3 is 3.00 bits per heavy atom. The molecule has 0 unspecified atom stereocenters. The lowest BCUT2D eigenvalue weighted by atomic mass is 10.3. The minimum atomic E-state index is -0.441. The molecule has 19 heavy (non-hydrogen) atoms. The normalized spacial score (nSPS) is 10.3. The van der Waals surface area contributed by atoms with Crippen LogP contribution in [0.3, 0.4) is 0 Å². The molecule has 0 radical (unpaired) electrons. The van der Waals surface area contributed by atoms with Crippen LogP contribution in [0.4, 0.5) is 15.2 Å². The van der Waals surface area contributed by atoms with Gasteiger partial charge in [-0.05, 0) is 32.0 Å². The van der Waals surface area contributed by atoms with Crippen molar-refractivity contribution in [2.24, 2.45) is 0 Å². The highest BCUT2D eigenvalue weighted by Gasteiger charge is 2.16. The number of carbonyl (C=O) groups excluding carboxylic acids is 1. The largest absolute Gasteiger partial charge is 0.461 e. The molecule has 0 aliphatic carbocycles. The molecule has 0 amide bonds. The molecule has 0 aliphatic heterocycles. The molecule has 2 rings (SSSR count). The first-order chi connectivity index (χ1) is 9.10. The average molecular weight is 280 g/mol. The lowest BCUT2D eigenvalue weighted by Crippen LogP contribution is -2.06. The fourth-order valence-electron chi connectivity index (χ4n) is 1.53. The highest BCUT2D eigenvalue weighted by molar-refractivity contribution is 7.15. The van der Waals surface area contributed by atoms with Crippen LogP contribution in [0, 0.1) is 12.7 Å². The number of nitrogens with one attached hydrogen (secondary N) is 1. The molecule has 1 aromatic carbocycles. The number of nitrogens with zero attached hydrogens (tertiary/aromatic N) is 1.